The highest BCUT2D eigenvalue weighted by Gasteiger charge is 2.18. The van der Waals surface area contributed by atoms with Gasteiger partial charge in [0.15, 0.2) is 0 Å². The van der Waals surface area contributed by atoms with Crippen molar-refractivity contribution in [2.24, 2.45) is 0 Å². The highest BCUT2D eigenvalue weighted by atomic mass is 35.5. The minimum absolute atomic E-state index is 0.0182. The number of carboxylic acids is 1. The number of pyridine rings is 1. The molecule has 0 saturated carbocycles. The van der Waals surface area contributed by atoms with Gasteiger partial charge in [0.2, 0.25) is 0 Å². The van der Waals surface area contributed by atoms with E-state index < -0.39 is 5.97 Å². The Labute approximate surface area is 120 Å². The summed E-state index contributed by atoms with van der Waals surface area (Å²) in [7, 11) is 1.64. The van der Waals surface area contributed by atoms with Gasteiger partial charge in [0.1, 0.15) is 22.6 Å². The third kappa shape index (κ3) is 2.56. The molecule has 0 unspecified atom stereocenters. The normalized spacial score (nSPS) is 9.85. The molecule has 0 amide bonds. The van der Waals surface area contributed by atoms with E-state index in [-0.39, 0.29) is 16.5 Å². The number of hydrogen-bond donors (Lipinski definition) is 1. The summed E-state index contributed by atoms with van der Waals surface area (Å²) in [5.74, 6) is -0.918. The number of carboxylic acid groups (broad SMARTS) is 1. The molecule has 0 radical (unpaired) electrons. The van der Waals surface area contributed by atoms with Crippen LogP contribution in [0, 0.1) is 11.3 Å². The second kappa shape index (κ2) is 5.59. The lowest BCUT2D eigenvalue weighted by Gasteiger charge is -2.21. The summed E-state index contributed by atoms with van der Waals surface area (Å²) in [5.41, 5.74) is 1.00. The monoisotopic (exact) mass is 287 g/mol. The lowest BCUT2D eigenvalue weighted by molar-refractivity contribution is 0.0697. The van der Waals surface area contributed by atoms with Crippen molar-refractivity contribution in [2.75, 3.05) is 11.9 Å². The number of carbonyl (C=O) groups is 1. The first-order valence-corrected chi connectivity index (χ1v) is 6.05. The minimum Gasteiger partial charge on any atom is -0.478 e. The van der Waals surface area contributed by atoms with Crippen LogP contribution in [0.5, 0.6) is 0 Å². The molecule has 0 aliphatic rings. The van der Waals surface area contributed by atoms with E-state index in [0.29, 0.717) is 11.3 Å². The Kier molecular flexibility index (Phi) is 3.87. The lowest BCUT2D eigenvalue weighted by atomic mass is 10.1. The van der Waals surface area contributed by atoms with Crippen LogP contribution in [-0.4, -0.2) is 23.1 Å². The molecule has 0 aliphatic carbocycles. The Morgan fingerprint density at radius 3 is 2.70 bits per heavy atom. The van der Waals surface area contributed by atoms with Gasteiger partial charge in [-0.3, -0.25) is 0 Å². The summed E-state index contributed by atoms with van der Waals surface area (Å²) in [6.45, 7) is 0. The molecular weight excluding hydrogens is 278 g/mol. The smallest absolute Gasteiger partial charge is 0.339 e. The highest BCUT2D eigenvalue weighted by molar-refractivity contribution is 6.29. The average molecular weight is 288 g/mol. The summed E-state index contributed by atoms with van der Waals surface area (Å²) < 4.78 is 0. The number of anilines is 2. The number of rotatable bonds is 3. The Bertz CT molecular complexity index is 710. The van der Waals surface area contributed by atoms with Crippen LogP contribution in [0.15, 0.2) is 36.4 Å². The van der Waals surface area contributed by atoms with E-state index in [4.69, 9.17) is 16.9 Å². The van der Waals surface area contributed by atoms with E-state index in [9.17, 15) is 9.90 Å². The number of para-hydroxylation sites is 1. The van der Waals surface area contributed by atoms with Crippen molar-refractivity contribution in [3.05, 3.63) is 52.7 Å². The van der Waals surface area contributed by atoms with Gasteiger partial charge in [0.05, 0.1) is 11.3 Å². The number of halogens is 1. The molecular formula is C14H10ClN3O2. The quantitative estimate of drug-likeness (QED) is 0.878. The van der Waals surface area contributed by atoms with Crippen LogP contribution in [-0.2, 0) is 0 Å². The summed E-state index contributed by atoms with van der Waals surface area (Å²) in [4.78, 5) is 16.8. The molecule has 0 fully saturated rings. The molecule has 100 valence electrons. The Balaban J connectivity index is 2.59. The van der Waals surface area contributed by atoms with Crippen LogP contribution < -0.4 is 4.90 Å². The van der Waals surface area contributed by atoms with Crippen molar-refractivity contribution < 1.29 is 9.90 Å². The van der Waals surface area contributed by atoms with Crippen LogP contribution in [0.3, 0.4) is 0 Å². The van der Waals surface area contributed by atoms with Gasteiger partial charge in [-0.2, -0.15) is 5.26 Å². The highest BCUT2D eigenvalue weighted by Crippen LogP contribution is 2.29. The lowest BCUT2D eigenvalue weighted by Crippen LogP contribution is -2.17. The van der Waals surface area contributed by atoms with Crippen molar-refractivity contribution in [1.82, 2.24) is 4.98 Å². The third-order valence-electron chi connectivity index (χ3n) is 2.78. The van der Waals surface area contributed by atoms with E-state index in [0.717, 1.165) is 0 Å². The first-order valence-electron chi connectivity index (χ1n) is 5.67. The van der Waals surface area contributed by atoms with Gasteiger partial charge in [0.25, 0.3) is 0 Å². The molecule has 6 heteroatoms. The summed E-state index contributed by atoms with van der Waals surface area (Å²) in [6, 6.07) is 11.7. The van der Waals surface area contributed by atoms with Crippen LogP contribution in [0.25, 0.3) is 0 Å². The second-order valence-corrected chi connectivity index (χ2v) is 4.39. The predicted molar refractivity (Wildman–Crippen MR) is 75.4 cm³/mol. The van der Waals surface area contributed by atoms with Crippen molar-refractivity contribution in [3.8, 4) is 6.07 Å². The molecule has 2 rings (SSSR count). The topological polar surface area (TPSA) is 77.2 Å². The number of nitriles is 1. The molecule has 2 aromatic rings. The van der Waals surface area contributed by atoms with E-state index >= 15 is 0 Å². The van der Waals surface area contributed by atoms with Gasteiger partial charge in [-0.05, 0) is 24.3 Å². The summed E-state index contributed by atoms with van der Waals surface area (Å²) in [5, 5.41) is 18.5. The number of nitrogens with zero attached hydrogens (tertiary/aromatic N) is 3. The van der Waals surface area contributed by atoms with Crippen LogP contribution in [0.4, 0.5) is 11.5 Å². The second-order valence-electron chi connectivity index (χ2n) is 4.00. The van der Waals surface area contributed by atoms with Crippen LogP contribution in [0.1, 0.15) is 15.9 Å². The fraction of sp³-hybridized carbons (Fsp3) is 0.0714. The maximum absolute atomic E-state index is 11.2. The average Bonchev–Trinajstić information content (AvgIpc) is 2.46. The Hall–Kier alpha value is -2.58. The van der Waals surface area contributed by atoms with E-state index in [1.807, 2.05) is 0 Å². The van der Waals surface area contributed by atoms with Gasteiger partial charge in [0, 0.05) is 7.05 Å². The molecule has 1 aromatic heterocycles. The molecule has 1 N–H and O–H groups in total. The van der Waals surface area contributed by atoms with Gasteiger partial charge >= 0.3 is 5.97 Å². The largest absolute Gasteiger partial charge is 0.478 e. The zero-order chi connectivity index (χ0) is 14.7. The SMILES string of the molecule is CN(c1ccccc1C#N)c1nc(Cl)ccc1C(=O)O. The number of benzene rings is 1. The van der Waals surface area contributed by atoms with Crippen molar-refractivity contribution in [2.45, 2.75) is 0 Å². The molecule has 5 nitrogen and oxygen atoms in total. The van der Waals surface area contributed by atoms with E-state index in [2.05, 4.69) is 11.1 Å². The van der Waals surface area contributed by atoms with Gasteiger partial charge < -0.3 is 10.0 Å². The summed E-state index contributed by atoms with van der Waals surface area (Å²) >= 11 is 5.83. The van der Waals surface area contributed by atoms with Crippen LogP contribution >= 0.6 is 11.6 Å². The molecule has 20 heavy (non-hydrogen) atoms. The predicted octanol–water partition coefficient (Wildman–Crippen LogP) is 3.07. The van der Waals surface area contributed by atoms with Gasteiger partial charge in [-0.25, -0.2) is 9.78 Å². The Morgan fingerprint density at radius 1 is 1.35 bits per heavy atom. The van der Waals surface area contributed by atoms with E-state index in [1.165, 1.54) is 17.0 Å². The Morgan fingerprint density at radius 2 is 2.05 bits per heavy atom. The zero-order valence-electron chi connectivity index (χ0n) is 10.5. The van der Waals surface area contributed by atoms with E-state index in [1.54, 1.807) is 31.3 Å². The molecule has 0 saturated heterocycles. The van der Waals surface area contributed by atoms with Crippen LogP contribution in [0.2, 0.25) is 5.15 Å². The van der Waals surface area contributed by atoms with Gasteiger partial charge in [-0.15, -0.1) is 0 Å². The first-order chi connectivity index (χ1) is 9.54. The molecule has 0 aliphatic heterocycles. The number of aromatic carboxylic acids is 1. The van der Waals surface area contributed by atoms with Crippen molar-refractivity contribution in [1.29, 1.82) is 5.26 Å². The fourth-order valence-electron chi connectivity index (χ4n) is 1.82. The molecule has 1 aromatic carbocycles. The fourth-order valence-corrected chi connectivity index (χ4v) is 1.97. The first kappa shape index (κ1) is 13.8. The molecule has 0 bridgehead atoms. The molecule has 0 spiro atoms. The number of aromatic nitrogens is 1. The number of hydrogen-bond acceptors (Lipinski definition) is 4. The van der Waals surface area contributed by atoms with Crippen molar-refractivity contribution >= 4 is 29.1 Å². The third-order valence-corrected chi connectivity index (χ3v) is 2.99. The van der Waals surface area contributed by atoms with Gasteiger partial charge in [-0.1, -0.05) is 23.7 Å². The zero-order valence-corrected chi connectivity index (χ0v) is 11.3. The molecule has 1 heterocycles. The summed E-state index contributed by atoms with van der Waals surface area (Å²) in [6.07, 6.45) is 0. The minimum atomic E-state index is -1.11. The standard InChI is InChI=1S/C14H10ClN3O2/c1-18(11-5-3-2-4-9(11)8-16)13-10(14(19)20)6-7-12(15)17-13/h2-7H,1H3,(H,19,20). The molecule has 0 atom stereocenters. The maximum atomic E-state index is 11.2. The maximum Gasteiger partial charge on any atom is 0.339 e. The van der Waals surface area contributed by atoms with Crippen molar-refractivity contribution in [3.63, 3.8) is 0 Å².